The molecule has 0 unspecified atom stereocenters. The van der Waals surface area contributed by atoms with Crippen LogP contribution in [0.15, 0.2) is 60.9 Å². The van der Waals surface area contributed by atoms with Crippen molar-refractivity contribution in [3.05, 3.63) is 104 Å². The van der Waals surface area contributed by atoms with Gasteiger partial charge in [0.2, 0.25) is 0 Å². The van der Waals surface area contributed by atoms with Gasteiger partial charge in [0, 0.05) is 23.0 Å². The summed E-state index contributed by atoms with van der Waals surface area (Å²) < 4.78 is 1.77. The number of allylic oxidation sites excluding steroid dienone is 1. The highest BCUT2D eigenvalue weighted by molar-refractivity contribution is 6.35. The van der Waals surface area contributed by atoms with Crippen molar-refractivity contribution in [1.29, 1.82) is 0 Å². The van der Waals surface area contributed by atoms with E-state index in [1.165, 1.54) is 0 Å². The van der Waals surface area contributed by atoms with Gasteiger partial charge in [-0.25, -0.2) is 4.68 Å². The second kappa shape index (κ2) is 11.1. The lowest BCUT2D eigenvalue weighted by Gasteiger charge is -2.13. The average Bonchev–Trinajstić information content (AvgIpc) is 3.14. The maximum atomic E-state index is 13.6. The highest BCUT2D eigenvalue weighted by Crippen LogP contribution is 2.37. The highest BCUT2D eigenvalue weighted by atomic mass is 35.5. The smallest absolute Gasteiger partial charge is 0.272 e. The summed E-state index contributed by atoms with van der Waals surface area (Å²) in [6.45, 7) is 1.91. The summed E-state index contributed by atoms with van der Waals surface area (Å²) >= 11 is 18.9. The number of carbonyl (C=O) groups excluding carboxylic acids is 1. The molecule has 0 aliphatic heterocycles. The topological polar surface area (TPSA) is 72.7 Å². The van der Waals surface area contributed by atoms with E-state index >= 15 is 0 Å². The molecule has 1 N–H and O–H groups in total. The molecule has 0 spiro atoms. The van der Waals surface area contributed by atoms with Gasteiger partial charge in [0.25, 0.3) is 5.91 Å². The number of hydrogen-bond donors (Lipinski definition) is 1. The quantitative estimate of drug-likeness (QED) is 0.262. The number of carbonyl (C=O) groups is 1. The maximum Gasteiger partial charge on any atom is 0.272 e. The molecule has 0 bridgehead atoms. The zero-order chi connectivity index (χ0) is 25.9. The average molecular weight is 553 g/mol. The Kier molecular flexibility index (Phi) is 7.60. The molecule has 9 heteroatoms. The third-order valence-corrected chi connectivity index (χ3v) is 7.08. The van der Waals surface area contributed by atoms with Crippen molar-refractivity contribution >= 4 is 52.4 Å². The summed E-state index contributed by atoms with van der Waals surface area (Å²) in [6.07, 6.45) is 8.77. The summed E-state index contributed by atoms with van der Waals surface area (Å²) in [6, 6.07) is 14.3. The monoisotopic (exact) mass is 551 g/mol. The molecule has 0 saturated heterocycles. The van der Waals surface area contributed by atoms with E-state index in [1.807, 2.05) is 49.4 Å². The number of aromatic nitrogens is 4. The van der Waals surface area contributed by atoms with Gasteiger partial charge in [-0.1, -0.05) is 40.9 Å². The molecule has 37 heavy (non-hydrogen) atoms. The molecule has 0 radical (unpaired) electrons. The summed E-state index contributed by atoms with van der Waals surface area (Å²) in [5.74, 6) is -0.260. The standard InChI is InChI=1S/C28H24Cl3N5O/c1-17(24-8-4-5-13-32-24)34-28(37)26-22-7-3-2-6-18(14-21-11-9-20(30)16-33-21)27(22)36(35-26)25-12-10-19(29)15-23(25)31/h4-5,8-17H,2-3,6-7H2,1H3,(H,34,37)/b18-14+/t17-/m1/s1. The highest BCUT2D eigenvalue weighted by Gasteiger charge is 2.29. The minimum absolute atomic E-state index is 0.260. The number of amides is 1. The Hall–Kier alpha value is -3.19. The summed E-state index contributed by atoms with van der Waals surface area (Å²) in [5, 5.41) is 9.43. The summed E-state index contributed by atoms with van der Waals surface area (Å²) in [5.41, 5.74) is 5.34. The Morgan fingerprint density at radius 3 is 2.57 bits per heavy atom. The van der Waals surface area contributed by atoms with Crippen LogP contribution in [0.3, 0.4) is 0 Å². The third-order valence-electron chi connectivity index (χ3n) is 6.31. The van der Waals surface area contributed by atoms with Crippen molar-refractivity contribution in [2.45, 2.75) is 38.6 Å². The number of nitrogens with zero attached hydrogens (tertiary/aromatic N) is 4. The molecular weight excluding hydrogens is 529 g/mol. The summed E-state index contributed by atoms with van der Waals surface area (Å²) in [7, 11) is 0. The van der Waals surface area contributed by atoms with Gasteiger partial charge in [-0.3, -0.25) is 14.8 Å². The Bertz CT molecular complexity index is 1470. The predicted octanol–water partition coefficient (Wildman–Crippen LogP) is 7.38. The molecule has 0 fully saturated rings. The molecule has 0 saturated carbocycles. The van der Waals surface area contributed by atoms with Crippen LogP contribution >= 0.6 is 34.8 Å². The van der Waals surface area contributed by atoms with Crippen LogP contribution in [0.5, 0.6) is 0 Å². The Balaban J connectivity index is 1.64. The summed E-state index contributed by atoms with van der Waals surface area (Å²) in [4.78, 5) is 22.4. The van der Waals surface area contributed by atoms with Crippen molar-refractivity contribution < 1.29 is 4.79 Å². The van der Waals surface area contributed by atoms with Crippen LogP contribution in [-0.2, 0) is 6.42 Å². The minimum Gasteiger partial charge on any atom is -0.343 e. The molecule has 3 aromatic heterocycles. The molecule has 1 atom stereocenters. The number of pyridine rings is 2. The van der Waals surface area contributed by atoms with Gasteiger partial charge in [-0.15, -0.1) is 0 Å². The zero-order valence-corrected chi connectivity index (χ0v) is 22.4. The lowest BCUT2D eigenvalue weighted by atomic mass is 10.0. The van der Waals surface area contributed by atoms with E-state index < -0.39 is 0 Å². The van der Waals surface area contributed by atoms with Crippen molar-refractivity contribution in [3.8, 4) is 5.69 Å². The van der Waals surface area contributed by atoms with Gasteiger partial charge in [-0.2, -0.15) is 5.10 Å². The van der Waals surface area contributed by atoms with Crippen molar-refractivity contribution in [3.63, 3.8) is 0 Å². The van der Waals surface area contributed by atoms with E-state index in [0.29, 0.717) is 32.9 Å². The van der Waals surface area contributed by atoms with Gasteiger partial charge in [0.15, 0.2) is 5.69 Å². The lowest BCUT2D eigenvalue weighted by molar-refractivity contribution is 0.0932. The number of benzene rings is 1. The molecule has 1 amide bonds. The Labute approximate surface area is 230 Å². The fourth-order valence-corrected chi connectivity index (χ4v) is 5.13. The van der Waals surface area contributed by atoms with Crippen LogP contribution in [0.4, 0.5) is 0 Å². The van der Waals surface area contributed by atoms with Crippen LogP contribution in [0.1, 0.15) is 65.4 Å². The molecule has 1 aliphatic rings. The first kappa shape index (κ1) is 25.5. The second-order valence-corrected chi connectivity index (χ2v) is 10.2. The molecule has 5 rings (SSSR count). The van der Waals surface area contributed by atoms with E-state index in [9.17, 15) is 4.79 Å². The van der Waals surface area contributed by atoms with Gasteiger partial charge in [0.05, 0.1) is 38.9 Å². The maximum absolute atomic E-state index is 13.6. The van der Waals surface area contributed by atoms with Gasteiger partial charge in [0.1, 0.15) is 0 Å². The van der Waals surface area contributed by atoms with E-state index in [1.54, 1.807) is 29.2 Å². The van der Waals surface area contributed by atoms with Crippen molar-refractivity contribution in [2.24, 2.45) is 0 Å². The van der Waals surface area contributed by atoms with Crippen molar-refractivity contribution in [2.75, 3.05) is 0 Å². The first-order chi connectivity index (χ1) is 17.9. The molecule has 188 valence electrons. The molecular formula is C28H24Cl3N5O. The number of fused-ring (bicyclic) bond motifs is 1. The van der Waals surface area contributed by atoms with Crippen LogP contribution in [-0.4, -0.2) is 25.7 Å². The zero-order valence-electron chi connectivity index (χ0n) is 20.1. The molecule has 1 aliphatic carbocycles. The number of rotatable bonds is 5. The molecule has 1 aromatic carbocycles. The molecule has 6 nitrogen and oxygen atoms in total. The van der Waals surface area contributed by atoms with E-state index in [-0.39, 0.29) is 11.9 Å². The van der Waals surface area contributed by atoms with Crippen LogP contribution in [0.2, 0.25) is 15.1 Å². The van der Waals surface area contributed by atoms with Crippen LogP contribution < -0.4 is 5.32 Å². The lowest BCUT2D eigenvalue weighted by Crippen LogP contribution is -2.28. The first-order valence-corrected chi connectivity index (χ1v) is 13.2. The van der Waals surface area contributed by atoms with Gasteiger partial charge < -0.3 is 5.32 Å². The Morgan fingerprint density at radius 2 is 1.84 bits per heavy atom. The molecule has 4 aromatic rings. The number of halogens is 3. The SMILES string of the molecule is C[C@@H](NC(=O)c1nn(-c2ccc(Cl)cc2Cl)c2c1CCCC/C2=C\c1ccc(Cl)cn1)c1ccccn1. The first-order valence-electron chi connectivity index (χ1n) is 12.0. The van der Waals surface area contributed by atoms with Gasteiger partial charge in [-0.05, 0) is 86.7 Å². The largest absolute Gasteiger partial charge is 0.343 e. The third kappa shape index (κ3) is 5.57. The predicted molar refractivity (Wildman–Crippen MR) is 148 cm³/mol. The van der Waals surface area contributed by atoms with E-state index in [4.69, 9.17) is 39.9 Å². The molecule has 3 heterocycles. The van der Waals surface area contributed by atoms with Crippen molar-refractivity contribution in [1.82, 2.24) is 25.1 Å². The van der Waals surface area contributed by atoms with Gasteiger partial charge >= 0.3 is 0 Å². The fourth-order valence-electron chi connectivity index (χ4n) is 4.53. The fraction of sp³-hybridized carbons (Fsp3) is 0.214. The van der Waals surface area contributed by atoms with Crippen LogP contribution in [0, 0.1) is 0 Å². The van der Waals surface area contributed by atoms with E-state index in [0.717, 1.165) is 47.5 Å². The minimum atomic E-state index is -0.285. The van der Waals surface area contributed by atoms with E-state index in [2.05, 4.69) is 15.3 Å². The second-order valence-electron chi connectivity index (χ2n) is 8.91. The Morgan fingerprint density at radius 1 is 1.03 bits per heavy atom. The number of nitrogens with one attached hydrogen (secondary N) is 1. The van der Waals surface area contributed by atoms with Crippen LogP contribution in [0.25, 0.3) is 17.3 Å². The number of hydrogen-bond acceptors (Lipinski definition) is 4. The normalized spacial score (nSPS) is 15.2.